The molecule has 1 N–H and O–H groups in total. The molecule has 0 unspecified atom stereocenters. The van der Waals surface area contributed by atoms with Gasteiger partial charge in [0.25, 0.3) is 0 Å². The molecule has 20 heavy (non-hydrogen) atoms. The molecule has 8 heteroatoms. The summed E-state index contributed by atoms with van der Waals surface area (Å²) in [4.78, 5) is 0. The number of halogens is 3. The lowest BCUT2D eigenvalue weighted by molar-refractivity contribution is 0.564. The monoisotopic (exact) mass is 334 g/mol. The summed E-state index contributed by atoms with van der Waals surface area (Å²) in [5, 5.41) is 5.60. The van der Waals surface area contributed by atoms with Crippen LogP contribution in [0.15, 0.2) is 41.6 Å². The van der Waals surface area contributed by atoms with E-state index in [0.29, 0.717) is 10.6 Å². The summed E-state index contributed by atoms with van der Waals surface area (Å²) < 4.78 is 36.9. The van der Waals surface area contributed by atoms with E-state index in [4.69, 9.17) is 23.2 Å². The lowest BCUT2D eigenvalue weighted by Gasteiger charge is -2.01. The summed E-state index contributed by atoms with van der Waals surface area (Å²) in [7, 11) is -3.87. The maximum absolute atomic E-state index is 13.2. The van der Waals surface area contributed by atoms with Crippen LogP contribution in [0.1, 0.15) is 5.56 Å². The SMILES string of the molecule is O=S(=O)(CC=C(Cl)c1cccc(Cl)c1)c1n[nH]cc1F. The van der Waals surface area contributed by atoms with E-state index in [1.807, 2.05) is 0 Å². The molecule has 0 aliphatic carbocycles. The number of benzene rings is 1. The number of nitrogens with one attached hydrogen (secondary N) is 1. The van der Waals surface area contributed by atoms with E-state index in [-0.39, 0.29) is 5.03 Å². The predicted octanol–water partition coefficient (Wildman–Crippen LogP) is 3.26. The van der Waals surface area contributed by atoms with Gasteiger partial charge in [0.15, 0.2) is 5.82 Å². The van der Waals surface area contributed by atoms with Crippen LogP contribution in [0.5, 0.6) is 0 Å². The van der Waals surface area contributed by atoms with Gasteiger partial charge in [0.2, 0.25) is 14.9 Å². The average molecular weight is 335 g/mol. The van der Waals surface area contributed by atoms with Gasteiger partial charge in [-0.25, -0.2) is 12.8 Å². The van der Waals surface area contributed by atoms with Gasteiger partial charge < -0.3 is 0 Å². The third-order valence-corrected chi connectivity index (χ3v) is 4.53. The van der Waals surface area contributed by atoms with Crippen molar-refractivity contribution in [3.63, 3.8) is 0 Å². The highest BCUT2D eigenvalue weighted by molar-refractivity contribution is 7.91. The molecule has 106 valence electrons. The Kier molecular flexibility index (Phi) is 4.47. The molecule has 0 fully saturated rings. The fourth-order valence-corrected chi connectivity index (χ4v) is 3.07. The third-order valence-electron chi connectivity index (χ3n) is 2.44. The van der Waals surface area contributed by atoms with E-state index in [0.717, 1.165) is 6.20 Å². The minimum absolute atomic E-state index is 0.215. The molecule has 4 nitrogen and oxygen atoms in total. The molecular weight excluding hydrogens is 326 g/mol. The molecule has 1 aromatic carbocycles. The zero-order valence-electron chi connectivity index (χ0n) is 9.98. The van der Waals surface area contributed by atoms with Gasteiger partial charge >= 0.3 is 0 Å². The molecular formula is C12H9Cl2FN2O2S. The van der Waals surface area contributed by atoms with Crippen LogP contribution in [0.2, 0.25) is 5.02 Å². The highest BCUT2D eigenvalue weighted by atomic mass is 35.5. The molecule has 0 spiro atoms. The van der Waals surface area contributed by atoms with Crippen molar-refractivity contribution in [3.05, 3.63) is 52.9 Å². The molecule has 1 aromatic heterocycles. The van der Waals surface area contributed by atoms with E-state index in [1.54, 1.807) is 24.3 Å². The number of sulfone groups is 1. The van der Waals surface area contributed by atoms with Crippen molar-refractivity contribution < 1.29 is 12.8 Å². The Morgan fingerprint density at radius 2 is 2.20 bits per heavy atom. The number of aromatic nitrogens is 2. The number of rotatable bonds is 4. The molecule has 0 aliphatic rings. The molecule has 2 aromatic rings. The van der Waals surface area contributed by atoms with Gasteiger partial charge in [-0.1, -0.05) is 35.3 Å². The predicted molar refractivity (Wildman–Crippen MR) is 75.9 cm³/mol. The molecule has 0 atom stereocenters. The van der Waals surface area contributed by atoms with E-state index in [2.05, 4.69) is 10.2 Å². The van der Waals surface area contributed by atoms with Crippen molar-refractivity contribution in [3.8, 4) is 0 Å². The summed E-state index contributed by atoms with van der Waals surface area (Å²) in [5.41, 5.74) is 0.580. The van der Waals surface area contributed by atoms with Crippen LogP contribution in [0, 0.1) is 5.82 Å². The number of nitrogens with zero attached hydrogens (tertiary/aromatic N) is 1. The molecule has 1 heterocycles. The number of aromatic amines is 1. The Morgan fingerprint density at radius 1 is 1.45 bits per heavy atom. The van der Waals surface area contributed by atoms with Crippen molar-refractivity contribution >= 4 is 38.1 Å². The zero-order valence-corrected chi connectivity index (χ0v) is 12.3. The van der Waals surface area contributed by atoms with Crippen LogP contribution in [0.25, 0.3) is 5.03 Å². The van der Waals surface area contributed by atoms with Crippen molar-refractivity contribution in [2.45, 2.75) is 5.03 Å². The second kappa shape index (κ2) is 5.95. The third kappa shape index (κ3) is 3.39. The second-order valence-electron chi connectivity index (χ2n) is 3.88. The molecule has 0 bridgehead atoms. The summed E-state index contributed by atoms with van der Waals surface area (Å²) >= 11 is 11.8. The second-order valence-corrected chi connectivity index (χ2v) is 6.68. The van der Waals surface area contributed by atoms with Crippen LogP contribution in [0.4, 0.5) is 4.39 Å². The average Bonchev–Trinajstić information content (AvgIpc) is 2.83. The van der Waals surface area contributed by atoms with Gasteiger partial charge in [-0.2, -0.15) is 5.10 Å². The standard InChI is InChI=1S/C12H9Cl2FN2O2S/c13-9-3-1-2-8(6-9)10(14)4-5-20(18,19)12-11(15)7-16-17-12/h1-4,6-7H,5H2,(H,16,17). The molecule has 0 saturated carbocycles. The lowest BCUT2D eigenvalue weighted by atomic mass is 10.2. The maximum atomic E-state index is 13.2. The molecule has 2 rings (SSSR count). The van der Waals surface area contributed by atoms with Gasteiger partial charge in [-0.05, 0) is 23.8 Å². The number of hydrogen-bond acceptors (Lipinski definition) is 3. The number of H-pyrrole nitrogens is 1. The Balaban J connectivity index is 2.23. The summed E-state index contributed by atoms with van der Waals surface area (Å²) in [6, 6.07) is 6.65. The van der Waals surface area contributed by atoms with Crippen molar-refractivity contribution in [2.75, 3.05) is 5.75 Å². The maximum Gasteiger partial charge on any atom is 0.212 e. The normalized spacial score (nSPS) is 12.7. The Morgan fingerprint density at radius 3 is 2.80 bits per heavy atom. The highest BCUT2D eigenvalue weighted by Gasteiger charge is 2.21. The van der Waals surface area contributed by atoms with Gasteiger partial charge in [-0.15, -0.1) is 0 Å². The van der Waals surface area contributed by atoms with E-state index in [9.17, 15) is 12.8 Å². The van der Waals surface area contributed by atoms with Crippen LogP contribution >= 0.6 is 23.2 Å². The number of hydrogen-bond donors (Lipinski definition) is 1. The van der Waals surface area contributed by atoms with Gasteiger partial charge in [0.1, 0.15) is 0 Å². The van der Waals surface area contributed by atoms with Crippen molar-refractivity contribution in [2.24, 2.45) is 0 Å². The fourth-order valence-electron chi connectivity index (χ4n) is 1.50. The fraction of sp³-hybridized carbons (Fsp3) is 0.0833. The summed E-state index contributed by atoms with van der Waals surface area (Å²) in [5.74, 6) is -1.38. The highest BCUT2D eigenvalue weighted by Crippen LogP contribution is 2.23. The minimum Gasteiger partial charge on any atom is -0.281 e. The first-order chi connectivity index (χ1) is 9.40. The van der Waals surface area contributed by atoms with Crippen LogP contribution in [0.3, 0.4) is 0 Å². The summed E-state index contributed by atoms with van der Waals surface area (Å²) in [6.45, 7) is 0. The van der Waals surface area contributed by atoms with Gasteiger partial charge in [0, 0.05) is 10.1 Å². The Labute approximate surface area is 125 Å². The van der Waals surface area contributed by atoms with Gasteiger partial charge in [0.05, 0.1) is 11.9 Å². The quantitative estimate of drug-likeness (QED) is 0.933. The van der Waals surface area contributed by atoms with E-state index < -0.39 is 26.4 Å². The Bertz CT molecular complexity index is 756. The first-order valence-electron chi connectivity index (χ1n) is 5.44. The molecule has 0 saturated heterocycles. The lowest BCUT2D eigenvalue weighted by Crippen LogP contribution is -2.07. The smallest absolute Gasteiger partial charge is 0.212 e. The largest absolute Gasteiger partial charge is 0.281 e. The van der Waals surface area contributed by atoms with Crippen LogP contribution in [-0.4, -0.2) is 24.4 Å². The summed E-state index contributed by atoms with van der Waals surface area (Å²) in [6.07, 6.45) is 2.14. The van der Waals surface area contributed by atoms with E-state index in [1.165, 1.54) is 6.08 Å². The first-order valence-corrected chi connectivity index (χ1v) is 7.84. The van der Waals surface area contributed by atoms with Crippen LogP contribution in [-0.2, 0) is 9.84 Å². The van der Waals surface area contributed by atoms with Crippen molar-refractivity contribution in [1.29, 1.82) is 0 Å². The first kappa shape index (κ1) is 15.0. The molecule has 0 amide bonds. The van der Waals surface area contributed by atoms with Gasteiger partial charge in [-0.3, -0.25) is 5.10 Å². The van der Waals surface area contributed by atoms with Crippen LogP contribution < -0.4 is 0 Å². The van der Waals surface area contributed by atoms with E-state index >= 15 is 0 Å². The molecule has 0 radical (unpaired) electrons. The minimum atomic E-state index is -3.87. The topological polar surface area (TPSA) is 62.8 Å². The van der Waals surface area contributed by atoms with Crippen molar-refractivity contribution in [1.82, 2.24) is 10.2 Å². The molecule has 0 aliphatic heterocycles. The zero-order chi connectivity index (χ0) is 14.8. The Hall–Kier alpha value is -1.37.